The standard InChI is InChI=1S/C7H4ClNO4.C7H7N3/c8-6-3-4(9(12)13)1-2-5(6)7(10)11;8-7-9-5-3-1-2-4-6(5)10-7/h1-3H,(H,10,11);1-4H,(H3,8,9,10). The molecule has 0 spiro atoms. The predicted octanol–water partition coefficient (Wildman–Crippen LogP) is 1.18. The van der Waals surface area contributed by atoms with Crippen LogP contribution in [0.4, 0.5) is 11.6 Å². The summed E-state index contributed by atoms with van der Waals surface area (Å²) in [4.78, 5) is 25.9. The second kappa shape index (κ2) is 6.75. The molecule has 0 saturated heterocycles. The molecule has 0 aliphatic rings. The van der Waals surface area contributed by atoms with Crippen LogP contribution in [-0.2, 0) is 0 Å². The minimum absolute atomic E-state index is 0.200. The summed E-state index contributed by atoms with van der Waals surface area (Å²) in [5.74, 6) is -0.860. The first-order chi connectivity index (χ1) is 10.9. The summed E-state index contributed by atoms with van der Waals surface area (Å²) in [6.07, 6.45) is 0. The number of rotatable bonds is 2. The third-order valence-electron chi connectivity index (χ3n) is 2.85. The molecule has 0 radical (unpaired) electrons. The lowest BCUT2D eigenvalue weighted by Gasteiger charge is -2.03. The number of hydrogen-bond acceptors (Lipinski definition) is 5. The predicted molar refractivity (Wildman–Crippen MR) is 81.7 cm³/mol. The molecule has 0 amide bonds. The molecule has 0 aliphatic carbocycles. The number of nitrogens with two attached hydrogens (primary N) is 1. The fourth-order valence-corrected chi connectivity index (χ4v) is 2.06. The lowest BCUT2D eigenvalue weighted by molar-refractivity contribution is -0.384. The Morgan fingerprint density at radius 3 is 2.52 bits per heavy atom. The van der Waals surface area contributed by atoms with Gasteiger partial charge in [0.25, 0.3) is 5.69 Å². The first-order valence-electron chi connectivity index (χ1n) is 6.29. The fraction of sp³-hybridized carbons (Fsp3) is 0. The Morgan fingerprint density at radius 1 is 1.26 bits per heavy atom. The average molecular weight is 335 g/mol. The van der Waals surface area contributed by atoms with E-state index in [9.17, 15) is 20.0 Å². The van der Waals surface area contributed by atoms with E-state index in [2.05, 4.69) is 9.97 Å². The quantitative estimate of drug-likeness (QED) is 0.535. The number of anilines is 1. The molecule has 0 unspecified atom stereocenters. The molecule has 9 heteroatoms. The van der Waals surface area contributed by atoms with E-state index in [0.717, 1.165) is 29.2 Å². The van der Waals surface area contributed by atoms with Crippen LogP contribution >= 0.6 is 11.6 Å². The summed E-state index contributed by atoms with van der Waals surface area (Å²) < 4.78 is 0. The van der Waals surface area contributed by atoms with Crippen molar-refractivity contribution < 1.29 is 19.8 Å². The number of hydrogen-bond donors (Lipinski definition) is 2. The van der Waals surface area contributed by atoms with Gasteiger partial charge in [-0.1, -0.05) is 23.7 Å². The molecule has 4 N–H and O–H groups in total. The number of nitrogen functional groups attached to an aromatic ring is 1. The summed E-state index contributed by atoms with van der Waals surface area (Å²) in [6, 6.07) is 10.9. The number of carboxylic acids is 1. The first kappa shape index (κ1) is 16.2. The Labute approximate surface area is 134 Å². The van der Waals surface area contributed by atoms with Gasteiger partial charge in [0, 0.05) is 17.7 Å². The number of nitrogens with zero attached hydrogens (tertiary/aromatic N) is 1. The Balaban J connectivity index is 0.000000172. The zero-order valence-corrected chi connectivity index (χ0v) is 12.3. The van der Waals surface area contributed by atoms with Crippen molar-refractivity contribution in [3.05, 3.63) is 63.2 Å². The minimum atomic E-state index is -1.46. The van der Waals surface area contributed by atoms with Crippen LogP contribution in [0.3, 0.4) is 0 Å². The largest absolute Gasteiger partial charge is 0.545 e. The van der Waals surface area contributed by atoms with Crippen molar-refractivity contribution >= 4 is 40.2 Å². The zero-order chi connectivity index (χ0) is 17.0. The third-order valence-corrected chi connectivity index (χ3v) is 3.16. The van der Waals surface area contributed by atoms with E-state index in [4.69, 9.17) is 17.3 Å². The Morgan fingerprint density at radius 2 is 1.96 bits per heavy atom. The van der Waals surface area contributed by atoms with Gasteiger partial charge >= 0.3 is 5.95 Å². The number of para-hydroxylation sites is 2. The molecule has 3 rings (SSSR count). The molecule has 118 valence electrons. The molecule has 1 aromatic heterocycles. The lowest BCUT2D eigenvalue weighted by atomic mass is 10.2. The van der Waals surface area contributed by atoms with Gasteiger partial charge in [-0.2, -0.15) is 0 Å². The van der Waals surface area contributed by atoms with E-state index in [1.165, 1.54) is 0 Å². The van der Waals surface area contributed by atoms with Crippen LogP contribution in [0, 0.1) is 10.1 Å². The first-order valence-corrected chi connectivity index (χ1v) is 6.67. The zero-order valence-electron chi connectivity index (χ0n) is 11.6. The smallest absolute Gasteiger partial charge is 0.351 e. The van der Waals surface area contributed by atoms with Gasteiger partial charge in [0.1, 0.15) is 11.0 Å². The van der Waals surface area contributed by atoms with Gasteiger partial charge < -0.3 is 9.90 Å². The van der Waals surface area contributed by atoms with E-state index in [-0.39, 0.29) is 16.3 Å². The SMILES string of the molecule is Nc1[nH]c2ccccc2[nH+]1.O=C([O-])c1ccc([N+](=O)[O-])cc1Cl. The van der Waals surface area contributed by atoms with E-state index < -0.39 is 10.9 Å². The maximum atomic E-state index is 10.3. The summed E-state index contributed by atoms with van der Waals surface area (Å²) in [6.45, 7) is 0. The van der Waals surface area contributed by atoms with Crippen molar-refractivity contribution in [2.45, 2.75) is 0 Å². The van der Waals surface area contributed by atoms with Gasteiger partial charge in [0.05, 0.1) is 15.9 Å². The number of nitro benzene ring substituents is 1. The number of carbonyl (C=O) groups excluding carboxylic acids is 1. The molecule has 8 nitrogen and oxygen atoms in total. The maximum Gasteiger partial charge on any atom is 0.351 e. The summed E-state index contributed by atoms with van der Waals surface area (Å²) in [7, 11) is 0. The molecule has 0 saturated carbocycles. The molecular formula is C14H11ClN4O4. The summed E-state index contributed by atoms with van der Waals surface area (Å²) >= 11 is 5.44. The Kier molecular flexibility index (Phi) is 4.77. The number of nitro groups is 1. The van der Waals surface area contributed by atoms with Crippen LogP contribution in [-0.4, -0.2) is 15.9 Å². The number of carbonyl (C=O) groups is 1. The van der Waals surface area contributed by atoms with E-state index in [1.807, 2.05) is 24.3 Å². The van der Waals surface area contributed by atoms with Crippen LogP contribution < -0.4 is 15.8 Å². The number of aromatic amines is 2. The van der Waals surface area contributed by atoms with Crippen molar-refractivity contribution in [1.29, 1.82) is 0 Å². The van der Waals surface area contributed by atoms with Gasteiger partial charge in [0.15, 0.2) is 0 Å². The number of aromatic carboxylic acids is 1. The number of non-ortho nitro benzene ring substituents is 1. The van der Waals surface area contributed by atoms with Crippen molar-refractivity contribution in [3.63, 3.8) is 0 Å². The summed E-state index contributed by atoms with van der Waals surface area (Å²) in [5.41, 5.74) is 7.05. The molecule has 23 heavy (non-hydrogen) atoms. The molecule has 0 bridgehead atoms. The molecule has 3 aromatic rings. The molecular weight excluding hydrogens is 324 g/mol. The number of halogens is 1. The van der Waals surface area contributed by atoms with E-state index >= 15 is 0 Å². The topological polar surface area (TPSA) is 139 Å². The molecule has 1 heterocycles. The van der Waals surface area contributed by atoms with Gasteiger partial charge in [-0.15, -0.1) is 0 Å². The number of aromatic nitrogens is 2. The van der Waals surface area contributed by atoms with Crippen LogP contribution in [0.25, 0.3) is 11.0 Å². The van der Waals surface area contributed by atoms with Crippen LogP contribution in [0.2, 0.25) is 5.02 Å². The Hall–Kier alpha value is -3.13. The number of carboxylic acid groups (broad SMARTS) is 1. The van der Waals surface area contributed by atoms with Crippen molar-refractivity contribution in [2.75, 3.05) is 5.73 Å². The van der Waals surface area contributed by atoms with Crippen LogP contribution in [0.1, 0.15) is 10.4 Å². The molecule has 0 aliphatic heterocycles. The normalized spacial score (nSPS) is 9.96. The number of nitrogens with one attached hydrogen (secondary N) is 2. The highest BCUT2D eigenvalue weighted by molar-refractivity contribution is 6.33. The van der Waals surface area contributed by atoms with E-state index in [0.29, 0.717) is 5.95 Å². The lowest BCUT2D eigenvalue weighted by Crippen LogP contribution is -2.22. The maximum absolute atomic E-state index is 10.3. The van der Waals surface area contributed by atoms with Gasteiger partial charge in [-0.3, -0.25) is 15.8 Å². The molecule has 0 atom stereocenters. The van der Waals surface area contributed by atoms with Crippen LogP contribution in [0.15, 0.2) is 42.5 Å². The van der Waals surface area contributed by atoms with Crippen molar-refractivity contribution in [1.82, 2.24) is 4.98 Å². The summed E-state index contributed by atoms with van der Waals surface area (Å²) in [5, 5.41) is 20.4. The molecule has 0 fully saturated rings. The highest BCUT2D eigenvalue weighted by atomic mass is 35.5. The van der Waals surface area contributed by atoms with Gasteiger partial charge in [-0.05, 0) is 18.2 Å². The van der Waals surface area contributed by atoms with Crippen molar-refractivity contribution in [3.8, 4) is 0 Å². The highest BCUT2D eigenvalue weighted by Crippen LogP contribution is 2.21. The monoisotopic (exact) mass is 334 g/mol. The minimum Gasteiger partial charge on any atom is -0.545 e. The second-order valence-electron chi connectivity index (χ2n) is 4.42. The van der Waals surface area contributed by atoms with Gasteiger partial charge in [-0.25, -0.2) is 9.97 Å². The second-order valence-corrected chi connectivity index (χ2v) is 4.83. The number of benzene rings is 2. The number of fused-ring (bicyclic) bond motifs is 1. The highest BCUT2D eigenvalue weighted by Gasteiger charge is 2.09. The van der Waals surface area contributed by atoms with E-state index in [1.54, 1.807) is 0 Å². The van der Waals surface area contributed by atoms with Gasteiger partial charge in [0.2, 0.25) is 0 Å². The number of H-pyrrole nitrogens is 2. The van der Waals surface area contributed by atoms with Crippen molar-refractivity contribution in [2.24, 2.45) is 0 Å². The fourth-order valence-electron chi connectivity index (χ4n) is 1.81. The Bertz CT molecular complexity index is 845. The molecule has 2 aromatic carbocycles. The third kappa shape index (κ3) is 3.95. The average Bonchev–Trinajstić information content (AvgIpc) is 2.87. The number of imidazole rings is 1. The van der Waals surface area contributed by atoms with Crippen LogP contribution in [0.5, 0.6) is 0 Å².